The highest BCUT2D eigenvalue weighted by atomic mass is 31.1. The van der Waals surface area contributed by atoms with Gasteiger partial charge in [-0.3, -0.25) is 13.9 Å². The van der Waals surface area contributed by atoms with Crippen LogP contribution in [0.5, 0.6) is 0 Å². The van der Waals surface area contributed by atoms with Crippen LogP contribution in [0.2, 0.25) is 0 Å². The lowest BCUT2D eigenvalue weighted by atomic mass is 10.1. The van der Waals surface area contributed by atoms with Crippen LogP contribution in [0, 0.1) is 0 Å². The summed E-state index contributed by atoms with van der Waals surface area (Å²) >= 11 is 0. The Labute approximate surface area is 245 Å². The second-order valence-electron chi connectivity index (χ2n) is 9.96. The summed E-state index contributed by atoms with van der Waals surface area (Å²) in [6.45, 7) is 3.34. The molecule has 0 radical (unpaired) electrons. The number of carboxylic acid groups (broad SMARTS) is 1. The monoisotopic (exact) mass is 604 g/mol. The summed E-state index contributed by atoms with van der Waals surface area (Å²) in [5.41, 5.74) is 1.18. The lowest BCUT2D eigenvalue weighted by molar-refractivity contribution is -0.151. The number of nitrogens with zero attached hydrogens (tertiary/aromatic N) is 1. The fraction of sp³-hybridized carbons (Fsp3) is 0.448. The zero-order chi connectivity index (χ0) is 30.5. The summed E-state index contributed by atoms with van der Waals surface area (Å²) in [6, 6.07) is 16.1. The molecule has 42 heavy (non-hydrogen) atoms. The Hall–Kier alpha value is -3.73. The lowest BCUT2D eigenvalue weighted by Gasteiger charge is -2.27. The number of carbonyl (C=O) groups is 4. The van der Waals surface area contributed by atoms with Crippen molar-refractivity contribution in [1.82, 2.24) is 10.2 Å². The Morgan fingerprint density at radius 1 is 1.02 bits per heavy atom. The van der Waals surface area contributed by atoms with Crippen LogP contribution < -0.4 is 5.32 Å². The zero-order valence-corrected chi connectivity index (χ0v) is 24.6. The van der Waals surface area contributed by atoms with Crippen molar-refractivity contribution in [2.45, 2.75) is 70.4 Å². The molecule has 0 bridgehead atoms. The summed E-state index contributed by atoms with van der Waals surface area (Å²) in [7, 11) is -3.25. The van der Waals surface area contributed by atoms with Crippen molar-refractivity contribution in [3.63, 3.8) is 0 Å². The van der Waals surface area contributed by atoms with Crippen molar-refractivity contribution >= 4 is 32.2 Å². The second-order valence-corrected chi connectivity index (χ2v) is 11.0. The Morgan fingerprint density at radius 3 is 2.36 bits per heavy atom. The highest BCUT2D eigenvalue weighted by molar-refractivity contribution is 7.33. The highest BCUT2D eigenvalue weighted by Crippen LogP contribution is 2.31. The average molecular weight is 605 g/mol. The summed E-state index contributed by atoms with van der Waals surface area (Å²) in [5.74, 6) is -2.32. The van der Waals surface area contributed by atoms with Gasteiger partial charge in [-0.1, -0.05) is 48.5 Å². The van der Waals surface area contributed by atoms with Crippen LogP contribution in [0.4, 0.5) is 4.79 Å². The van der Waals surface area contributed by atoms with Crippen LogP contribution >= 0.6 is 8.25 Å². The maximum absolute atomic E-state index is 13.3. The van der Waals surface area contributed by atoms with E-state index in [2.05, 4.69) is 5.32 Å². The van der Waals surface area contributed by atoms with E-state index in [9.17, 15) is 28.8 Å². The number of hydrogen-bond acceptors (Lipinski definition) is 9. The molecular formula is C29H37N2O10P. The van der Waals surface area contributed by atoms with Crippen LogP contribution in [-0.4, -0.2) is 71.4 Å². The van der Waals surface area contributed by atoms with Crippen LogP contribution in [0.1, 0.15) is 55.5 Å². The molecule has 0 aliphatic carbocycles. The summed E-state index contributed by atoms with van der Waals surface area (Å²) in [6.07, 6.45) is -1.60. The smallest absolute Gasteiger partial charge is 0.407 e. The van der Waals surface area contributed by atoms with Gasteiger partial charge >= 0.3 is 26.3 Å². The SMILES string of the molecule is CC(CCC(O[PH](=O)OCC(C)OC(=O)c1ccccc1)C(=O)N1CCC[C@H]1C(=O)O)NC(=O)OCc1ccccc1. The van der Waals surface area contributed by atoms with Crippen molar-refractivity contribution in [2.24, 2.45) is 0 Å². The molecular weight excluding hydrogens is 567 g/mol. The minimum Gasteiger partial charge on any atom is -0.480 e. The van der Waals surface area contributed by atoms with Gasteiger partial charge in [0.05, 0.1) is 12.2 Å². The first kappa shape index (κ1) is 32.8. The van der Waals surface area contributed by atoms with Crippen LogP contribution in [0.25, 0.3) is 0 Å². The number of aliphatic carboxylic acids is 1. The van der Waals surface area contributed by atoms with E-state index in [0.717, 1.165) is 5.56 Å². The van der Waals surface area contributed by atoms with E-state index in [1.165, 1.54) is 4.90 Å². The van der Waals surface area contributed by atoms with Gasteiger partial charge in [-0.2, -0.15) is 0 Å². The van der Waals surface area contributed by atoms with Gasteiger partial charge in [0.1, 0.15) is 24.9 Å². The molecule has 12 nitrogen and oxygen atoms in total. The van der Waals surface area contributed by atoms with E-state index >= 15 is 0 Å². The Morgan fingerprint density at radius 2 is 1.69 bits per heavy atom. The van der Waals surface area contributed by atoms with Gasteiger partial charge in [0.2, 0.25) is 0 Å². The Kier molecular flexibility index (Phi) is 13.0. The summed E-state index contributed by atoms with van der Waals surface area (Å²) in [5, 5.41) is 12.2. The third kappa shape index (κ3) is 10.6. The maximum Gasteiger partial charge on any atom is 0.407 e. The largest absolute Gasteiger partial charge is 0.480 e. The first-order valence-electron chi connectivity index (χ1n) is 13.7. The number of amides is 2. The van der Waals surface area contributed by atoms with Gasteiger partial charge in [-0.25, -0.2) is 14.4 Å². The zero-order valence-electron chi connectivity index (χ0n) is 23.6. The van der Waals surface area contributed by atoms with Gasteiger partial charge in [0, 0.05) is 12.6 Å². The molecule has 2 amide bonds. The topological polar surface area (TPSA) is 158 Å². The van der Waals surface area contributed by atoms with Gasteiger partial charge < -0.3 is 29.3 Å². The predicted molar refractivity (Wildman–Crippen MR) is 152 cm³/mol. The molecule has 2 N–H and O–H groups in total. The predicted octanol–water partition coefficient (Wildman–Crippen LogP) is 4.19. The molecule has 2 aromatic rings. The normalized spacial score (nSPS) is 17.5. The summed E-state index contributed by atoms with van der Waals surface area (Å²) < 4.78 is 34.0. The lowest BCUT2D eigenvalue weighted by Crippen LogP contribution is -2.46. The molecule has 0 saturated carbocycles. The number of rotatable bonds is 15. The van der Waals surface area contributed by atoms with Crippen molar-refractivity contribution < 1.29 is 47.4 Å². The number of hydrogen-bond donors (Lipinski definition) is 2. The van der Waals surface area contributed by atoms with Crippen LogP contribution in [0.3, 0.4) is 0 Å². The van der Waals surface area contributed by atoms with Crippen molar-refractivity contribution in [3.8, 4) is 0 Å². The van der Waals surface area contributed by atoms with E-state index < -0.39 is 56.5 Å². The Balaban J connectivity index is 1.53. The number of nitrogens with one attached hydrogen (secondary N) is 1. The second kappa shape index (κ2) is 16.6. The Bertz CT molecular complexity index is 1210. The van der Waals surface area contributed by atoms with Crippen LogP contribution in [0.15, 0.2) is 60.7 Å². The molecule has 228 valence electrons. The third-order valence-electron chi connectivity index (χ3n) is 6.53. The molecule has 1 heterocycles. The van der Waals surface area contributed by atoms with Gasteiger partial charge in [0.25, 0.3) is 5.91 Å². The van der Waals surface area contributed by atoms with E-state index in [1.54, 1.807) is 44.2 Å². The standard InChI is InChI=1S/C29H37N2O10P/c1-20(30-29(36)38-19-22-10-5-3-6-11-22)15-16-25(26(32)31-17-9-14-24(31)27(33)34)41-42(37)39-18-21(2)40-28(35)23-12-7-4-8-13-23/h3-8,10-13,20-21,24-25,42H,9,14-19H2,1-2H3,(H,30,36)(H,33,34)/t20?,21?,24-,25?/m0/s1. The molecule has 1 aliphatic heterocycles. The quantitative estimate of drug-likeness (QED) is 0.223. The average Bonchev–Trinajstić information content (AvgIpc) is 3.48. The molecule has 4 unspecified atom stereocenters. The van der Waals surface area contributed by atoms with E-state index in [-0.39, 0.29) is 32.6 Å². The molecule has 1 fully saturated rings. The number of ether oxygens (including phenoxy) is 2. The van der Waals surface area contributed by atoms with Crippen molar-refractivity contribution in [1.29, 1.82) is 0 Å². The van der Waals surface area contributed by atoms with Crippen LogP contribution in [-0.2, 0) is 39.3 Å². The van der Waals surface area contributed by atoms with Gasteiger partial charge in [-0.15, -0.1) is 0 Å². The minimum atomic E-state index is -3.25. The molecule has 1 aliphatic rings. The number of carboxylic acids is 1. The fourth-order valence-corrected chi connectivity index (χ4v) is 5.23. The molecule has 2 aromatic carbocycles. The molecule has 3 rings (SSSR count). The number of esters is 1. The van der Waals surface area contributed by atoms with Crippen molar-refractivity contribution in [3.05, 3.63) is 71.8 Å². The van der Waals surface area contributed by atoms with E-state index in [4.69, 9.17) is 18.5 Å². The number of benzene rings is 2. The minimum absolute atomic E-state index is 0.0279. The number of likely N-dealkylation sites (tertiary alicyclic amines) is 1. The highest BCUT2D eigenvalue weighted by Gasteiger charge is 2.38. The molecule has 5 atom stereocenters. The third-order valence-corrected chi connectivity index (χ3v) is 7.41. The summed E-state index contributed by atoms with van der Waals surface area (Å²) in [4.78, 5) is 50.6. The maximum atomic E-state index is 13.3. The number of carbonyl (C=O) groups excluding carboxylic acids is 3. The van der Waals surface area contributed by atoms with Crippen molar-refractivity contribution in [2.75, 3.05) is 13.2 Å². The molecule has 13 heteroatoms. The van der Waals surface area contributed by atoms with E-state index in [1.807, 2.05) is 30.3 Å². The van der Waals surface area contributed by atoms with E-state index in [0.29, 0.717) is 18.4 Å². The first-order chi connectivity index (χ1) is 20.1. The van der Waals surface area contributed by atoms with Gasteiger partial charge in [-0.05, 0) is 57.2 Å². The van der Waals surface area contributed by atoms with Gasteiger partial charge in [0.15, 0.2) is 0 Å². The molecule has 0 aromatic heterocycles. The fourth-order valence-electron chi connectivity index (χ4n) is 4.34. The molecule has 0 spiro atoms. The molecule has 1 saturated heterocycles. The first-order valence-corrected chi connectivity index (χ1v) is 15.0. The number of alkyl carbamates (subject to hydrolysis) is 1.